The van der Waals surface area contributed by atoms with E-state index in [-0.39, 0.29) is 29.5 Å². The quantitative estimate of drug-likeness (QED) is 0.341. The Balaban J connectivity index is 1.58. The number of halogens is 3. The van der Waals surface area contributed by atoms with Crippen molar-refractivity contribution in [1.29, 1.82) is 0 Å². The largest absolute Gasteiger partial charge is 0.426 e. The highest BCUT2D eigenvalue weighted by Crippen LogP contribution is 2.33. The van der Waals surface area contributed by atoms with Gasteiger partial charge in [-0.05, 0) is 54.8 Å². The van der Waals surface area contributed by atoms with Crippen molar-refractivity contribution in [2.75, 3.05) is 16.4 Å². The Kier molecular flexibility index (Phi) is 7.97. The number of aromatic nitrogens is 2. The number of hydrogen-bond donors (Lipinski definition) is 4. The van der Waals surface area contributed by atoms with Crippen molar-refractivity contribution >= 4 is 29.1 Å². The highest BCUT2D eigenvalue weighted by atomic mass is 19.4. The zero-order valence-corrected chi connectivity index (χ0v) is 19.6. The van der Waals surface area contributed by atoms with Crippen molar-refractivity contribution in [3.05, 3.63) is 66.0 Å². The summed E-state index contributed by atoms with van der Waals surface area (Å²) >= 11 is 0. The number of urea groups is 1. The summed E-state index contributed by atoms with van der Waals surface area (Å²) in [6, 6.07) is 10.7. The Morgan fingerprint density at radius 3 is 2.33 bits per heavy atom. The number of anilines is 3. The molecule has 0 radical (unpaired) electrons. The zero-order chi connectivity index (χ0) is 26.5. The standard InChI is InChI=1S/C24H25F3N6O3/c1-14(9-21(29)34)12-33-13-30-22(11-20(33)28)36-18-7-5-16(6-8-18)31-23(35)32-17-4-3-15(2)19(10-17)24(25,26)27/h3-8,10-11,13-14,28H,9,12H2,1-2H3,(H4,29,31,32,34,35)/p+1. The van der Waals surface area contributed by atoms with E-state index in [9.17, 15) is 22.8 Å². The van der Waals surface area contributed by atoms with Gasteiger partial charge in [0.2, 0.25) is 18.1 Å². The van der Waals surface area contributed by atoms with E-state index in [1.54, 1.807) is 28.8 Å². The van der Waals surface area contributed by atoms with Crippen LogP contribution in [0, 0.1) is 12.8 Å². The second-order valence-electron chi connectivity index (χ2n) is 8.31. The molecule has 0 aliphatic rings. The highest BCUT2D eigenvalue weighted by Gasteiger charge is 2.32. The van der Waals surface area contributed by atoms with Gasteiger partial charge in [0.1, 0.15) is 5.75 Å². The maximum absolute atomic E-state index is 13.1. The molecule has 3 rings (SSSR count). The molecule has 9 nitrogen and oxygen atoms in total. The number of nitrogens with two attached hydrogens (primary N) is 2. The Morgan fingerprint density at radius 2 is 1.72 bits per heavy atom. The molecule has 1 heterocycles. The van der Waals surface area contributed by atoms with Crippen molar-refractivity contribution < 1.29 is 32.1 Å². The first kappa shape index (κ1) is 26.3. The van der Waals surface area contributed by atoms with Gasteiger partial charge < -0.3 is 26.8 Å². The molecule has 1 unspecified atom stereocenters. The van der Waals surface area contributed by atoms with Gasteiger partial charge in [-0.15, -0.1) is 0 Å². The maximum Gasteiger partial charge on any atom is 0.416 e. The lowest BCUT2D eigenvalue weighted by Gasteiger charge is -2.13. The van der Waals surface area contributed by atoms with Crippen molar-refractivity contribution in [2.24, 2.45) is 11.7 Å². The number of primary amides is 1. The van der Waals surface area contributed by atoms with Gasteiger partial charge in [-0.1, -0.05) is 18.0 Å². The first-order chi connectivity index (χ1) is 16.9. The van der Waals surface area contributed by atoms with E-state index in [2.05, 4.69) is 15.6 Å². The molecule has 2 aromatic carbocycles. The van der Waals surface area contributed by atoms with Crippen LogP contribution in [0.15, 0.2) is 54.9 Å². The molecule has 12 heteroatoms. The molecular weight excluding hydrogens is 477 g/mol. The molecule has 1 aromatic heterocycles. The Morgan fingerprint density at radius 1 is 1.08 bits per heavy atom. The molecule has 0 spiro atoms. The normalized spacial score (nSPS) is 12.0. The SMILES string of the molecule is Cc1ccc(NC(=O)Nc2ccc(Oc3cc(N)[n+](CC(C)CC(N)=O)cn3)cc2)cc1C(F)(F)F. The van der Waals surface area contributed by atoms with Crippen molar-refractivity contribution in [2.45, 2.75) is 33.0 Å². The molecule has 1 atom stereocenters. The summed E-state index contributed by atoms with van der Waals surface area (Å²) in [6.45, 7) is 3.68. The molecule has 0 saturated heterocycles. The van der Waals surface area contributed by atoms with Crippen molar-refractivity contribution in [3.63, 3.8) is 0 Å². The number of ether oxygens (including phenoxy) is 1. The van der Waals surface area contributed by atoms with E-state index >= 15 is 0 Å². The van der Waals surface area contributed by atoms with Crippen LogP contribution in [0.4, 0.5) is 35.2 Å². The molecule has 0 aliphatic carbocycles. The van der Waals surface area contributed by atoms with Crippen LogP contribution < -0.4 is 31.4 Å². The molecule has 3 aromatic rings. The number of carbonyl (C=O) groups is 2. The molecule has 36 heavy (non-hydrogen) atoms. The summed E-state index contributed by atoms with van der Waals surface area (Å²) in [5, 5.41) is 4.93. The number of rotatable bonds is 8. The number of carbonyl (C=O) groups excluding carboxylic acids is 2. The molecule has 0 fully saturated rings. The number of nitrogens with one attached hydrogen (secondary N) is 2. The molecule has 0 aliphatic heterocycles. The van der Waals surface area contributed by atoms with Crippen LogP contribution in [0.5, 0.6) is 11.6 Å². The molecule has 190 valence electrons. The number of nitrogens with zero attached hydrogens (tertiary/aromatic N) is 2. The predicted molar refractivity (Wildman–Crippen MR) is 127 cm³/mol. The lowest BCUT2D eigenvalue weighted by Crippen LogP contribution is -2.41. The summed E-state index contributed by atoms with van der Waals surface area (Å²) in [6.07, 6.45) is -2.80. The first-order valence-electron chi connectivity index (χ1n) is 10.9. The average molecular weight is 504 g/mol. The topological polar surface area (TPSA) is 136 Å². The fourth-order valence-corrected chi connectivity index (χ4v) is 3.42. The van der Waals surface area contributed by atoms with Crippen molar-refractivity contribution in [3.8, 4) is 11.6 Å². The minimum Gasteiger partial charge on any atom is -0.426 e. The van der Waals surface area contributed by atoms with E-state index in [0.29, 0.717) is 23.8 Å². The fourth-order valence-electron chi connectivity index (χ4n) is 3.42. The van der Waals surface area contributed by atoms with Gasteiger partial charge in [-0.3, -0.25) is 4.79 Å². The summed E-state index contributed by atoms with van der Waals surface area (Å²) in [5.74, 6) is 0.635. The van der Waals surface area contributed by atoms with Crippen LogP contribution in [0.1, 0.15) is 24.5 Å². The van der Waals surface area contributed by atoms with Gasteiger partial charge >= 0.3 is 18.1 Å². The Bertz CT molecular complexity index is 1250. The monoisotopic (exact) mass is 503 g/mol. The van der Waals surface area contributed by atoms with Gasteiger partial charge in [-0.25, -0.2) is 9.36 Å². The lowest BCUT2D eigenvalue weighted by molar-refractivity contribution is -0.691. The number of hydrogen-bond acceptors (Lipinski definition) is 5. The maximum atomic E-state index is 13.1. The fraction of sp³-hybridized carbons (Fsp3) is 0.250. The number of aryl methyl sites for hydroxylation is 1. The van der Waals surface area contributed by atoms with Crippen LogP contribution in [0.25, 0.3) is 0 Å². The van der Waals surface area contributed by atoms with E-state index < -0.39 is 23.7 Å². The zero-order valence-electron chi connectivity index (χ0n) is 19.6. The first-order valence-corrected chi connectivity index (χ1v) is 10.9. The second kappa shape index (κ2) is 10.9. The van der Waals surface area contributed by atoms with E-state index in [4.69, 9.17) is 16.2 Å². The molecule has 0 bridgehead atoms. The minimum atomic E-state index is -4.52. The smallest absolute Gasteiger partial charge is 0.416 e. The minimum absolute atomic E-state index is 0.0133. The predicted octanol–water partition coefficient (Wildman–Crippen LogP) is 4.23. The second-order valence-corrected chi connectivity index (χ2v) is 8.31. The molecular formula is C24H26F3N6O3+. The third-order valence-corrected chi connectivity index (χ3v) is 5.12. The summed E-state index contributed by atoms with van der Waals surface area (Å²) in [5.41, 5.74) is 10.9. The van der Waals surface area contributed by atoms with Gasteiger partial charge in [0, 0.05) is 17.8 Å². The number of benzene rings is 2. The van der Waals surface area contributed by atoms with E-state index in [0.717, 1.165) is 6.07 Å². The van der Waals surface area contributed by atoms with Crippen LogP contribution >= 0.6 is 0 Å². The average Bonchev–Trinajstić information content (AvgIpc) is 2.77. The lowest BCUT2D eigenvalue weighted by atomic mass is 10.1. The van der Waals surface area contributed by atoms with Crippen LogP contribution in [0.2, 0.25) is 0 Å². The summed E-state index contributed by atoms with van der Waals surface area (Å²) in [7, 11) is 0. The third-order valence-electron chi connectivity index (χ3n) is 5.12. The third kappa shape index (κ3) is 7.32. The highest BCUT2D eigenvalue weighted by molar-refractivity contribution is 5.99. The van der Waals surface area contributed by atoms with Gasteiger partial charge in [0.25, 0.3) is 0 Å². The summed E-state index contributed by atoms with van der Waals surface area (Å²) < 4.78 is 46.6. The molecule has 3 amide bonds. The van der Waals surface area contributed by atoms with Crippen LogP contribution in [0.3, 0.4) is 0 Å². The Labute approximate surface area is 205 Å². The number of nitrogen functional groups attached to an aromatic ring is 1. The summed E-state index contributed by atoms with van der Waals surface area (Å²) in [4.78, 5) is 27.5. The van der Waals surface area contributed by atoms with Gasteiger partial charge in [0.15, 0.2) is 0 Å². The Hall–Kier alpha value is -4.35. The molecule has 0 saturated carbocycles. The number of amides is 3. The van der Waals surface area contributed by atoms with Gasteiger partial charge in [-0.2, -0.15) is 13.2 Å². The van der Waals surface area contributed by atoms with E-state index in [1.807, 2.05) is 6.92 Å². The van der Waals surface area contributed by atoms with Crippen molar-refractivity contribution in [1.82, 2.24) is 4.98 Å². The van der Waals surface area contributed by atoms with Gasteiger partial charge in [0.05, 0.1) is 18.2 Å². The van der Waals surface area contributed by atoms with Crippen LogP contribution in [-0.4, -0.2) is 16.9 Å². The molecule has 6 N–H and O–H groups in total. The van der Waals surface area contributed by atoms with Crippen LogP contribution in [-0.2, 0) is 17.5 Å². The number of alkyl halides is 3. The van der Waals surface area contributed by atoms with E-state index in [1.165, 1.54) is 31.5 Å².